The molecule has 0 amide bonds. The van der Waals surface area contributed by atoms with E-state index < -0.39 is 10.1 Å². The summed E-state index contributed by atoms with van der Waals surface area (Å²) in [6.45, 7) is 0. The van der Waals surface area contributed by atoms with Crippen molar-refractivity contribution in [3.63, 3.8) is 0 Å². The predicted molar refractivity (Wildman–Crippen MR) is 50.6 cm³/mol. The molecular weight excluding hydrogens is 207 g/mol. The second-order valence-electron chi connectivity index (χ2n) is 1.79. The van der Waals surface area contributed by atoms with Gasteiger partial charge in [-0.05, 0) is 12.1 Å². The Morgan fingerprint density at radius 1 is 1.00 bits per heavy atom. The van der Waals surface area contributed by atoms with Gasteiger partial charge in [0.15, 0.2) is 0 Å². The Labute approximate surface area is 98.4 Å². The van der Waals surface area contributed by atoms with Gasteiger partial charge in [0.2, 0.25) is 0 Å². The Bertz CT molecular complexity index is 309. The topological polar surface area (TPSA) is 117 Å². The molecule has 72 valence electrons. The summed E-state index contributed by atoms with van der Waals surface area (Å²) in [5.41, 5.74) is 0. The van der Waals surface area contributed by atoms with Gasteiger partial charge in [-0.2, -0.15) is 8.42 Å². The van der Waals surface area contributed by atoms with E-state index in [1.807, 2.05) is 0 Å². The van der Waals surface area contributed by atoms with Crippen molar-refractivity contribution < 1.29 is 23.9 Å². The van der Waals surface area contributed by atoms with Crippen LogP contribution in [0.25, 0.3) is 0 Å². The van der Waals surface area contributed by atoms with Crippen LogP contribution in [0.1, 0.15) is 0 Å². The van der Waals surface area contributed by atoms with Crippen LogP contribution in [0.4, 0.5) is 0 Å². The molecule has 0 aliphatic heterocycles. The quantitative estimate of drug-likeness (QED) is 0.463. The molecule has 0 aliphatic rings. The standard InChI is InChI=1S/C6H6O3S.Na.2H2O.H/c7-10(8,9)6-4-2-1-3-5-6;;;;/h1-5H,(H,7,8,9);;2*1H2;. The molecule has 0 radical (unpaired) electrons. The van der Waals surface area contributed by atoms with Crippen molar-refractivity contribution in [2.75, 3.05) is 0 Å². The van der Waals surface area contributed by atoms with Crippen molar-refractivity contribution in [1.29, 1.82) is 0 Å². The summed E-state index contributed by atoms with van der Waals surface area (Å²) < 4.78 is 29.2. The van der Waals surface area contributed by atoms with Crippen molar-refractivity contribution in [3.8, 4) is 0 Å². The molecule has 1 rings (SSSR count). The molecule has 0 saturated heterocycles. The van der Waals surface area contributed by atoms with Gasteiger partial charge in [0, 0.05) is 0 Å². The van der Waals surface area contributed by atoms with E-state index in [1.165, 1.54) is 12.1 Å². The van der Waals surface area contributed by atoms with Gasteiger partial charge in [-0.3, -0.25) is 4.55 Å². The number of hydrogen-bond acceptors (Lipinski definition) is 2. The first-order valence-corrected chi connectivity index (χ1v) is 4.07. The zero-order valence-corrected chi connectivity index (χ0v) is 6.88. The van der Waals surface area contributed by atoms with Gasteiger partial charge >= 0.3 is 29.6 Å². The molecule has 0 spiro atoms. The van der Waals surface area contributed by atoms with Crippen LogP contribution in [-0.2, 0) is 10.1 Å². The Hall–Kier alpha value is 0.0500. The van der Waals surface area contributed by atoms with Crippen LogP contribution < -0.4 is 0 Å². The van der Waals surface area contributed by atoms with Gasteiger partial charge in [-0.15, -0.1) is 0 Å². The van der Waals surface area contributed by atoms with E-state index in [9.17, 15) is 8.42 Å². The van der Waals surface area contributed by atoms with E-state index in [0.29, 0.717) is 0 Å². The second kappa shape index (κ2) is 7.45. The molecule has 7 heteroatoms. The summed E-state index contributed by atoms with van der Waals surface area (Å²) in [4.78, 5) is -0.0741. The molecule has 1 aromatic carbocycles. The zero-order valence-electron chi connectivity index (χ0n) is 6.06. The fourth-order valence-corrected chi connectivity index (χ4v) is 1.09. The van der Waals surface area contributed by atoms with E-state index >= 15 is 0 Å². The summed E-state index contributed by atoms with van der Waals surface area (Å²) in [6.07, 6.45) is 0. The molecule has 0 bridgehead atoms. The second-order valence-corrected chi connectivity index (χ2v) is 3.21. The summed E-state index contributed by atoms with van der Waals surface area (Å²) in [5, 5.41) is 0. The van der Waals surface area contributed by atoms with Crippen molar-refractivity contribution in [2.24, 2.45) is 0 Å². The first-order valence-electron chi connectivity index (χ1n) is 2.63. The normalized spacial score (nSPS) is 8.69. The van der Waals surface area contributed by atoms with E-state index in [2.05, 4.69) is 0 Å². The summed E-state index contributed by atoms with van der Waals surface area (Å²) in [6, 6.07) is 7.42. The maximum atomic E-state index is 10.4. The van der Waals surface area contributed by atoms with Crippen molar-refractivity contribution >= 4 is 39.7 Å². The summed E-state index contributed by atoms with van der Waals surface area (Å²) in [7, 11) is -4.00. The Kier molecular flexibility index (Phi) is 10.8. The minimum atomic E-state index is -4.00. The Morgan fingerprint density at radius 2 is 1.38 bits per heavy atom. The average Bonchev–Trinajstić information content (AvgIpc) is 1.88. The third-order valence-corrected chi connectivity index (χ3v) is 1.91. The van der Waals surface area contributed by atoms with Gasteiger partial charge in [0.05, 0.1) is 4.90 Å². The van der Waals surface area contributed by atoms with Crippen LogP contribution in [0.5, 0.6) is 0 Å². The Balaban J connectivity index is -0.000000333. The van der Waals surface area contributed by atoms with Crippen molar-refractivity contribution in [3.05, 3.63) is 30.3 Å². The zero-order chi connectivity index (χ0) is 7.61. The van der Waals surface area contributed by atoms with Crippen LogP contribution in [-0.4, -0.2) is 53.5 Å². The van der Waals surface area contributed by atoms with Gasteiger partial charge in [0.25, 0.3) is 10.1 Å². The number of benzene rings is 1. The van der Waals surface area contributed by atoms with Crippen molar-refractivity contribution in [2.45, 2.75) is 4.90 Å². The van der Waals surface area contributed by atoms with Crippen LogP contribution in [0.3, 0.4) is 0 Å². The molecule has 0 aliphatic carbocycles. The first kappa shape index (κ1) is 18.8. The molecule has 0 saturated carbocycles. The van der Waals surface area contributed by atoms with Crippen LogP contribution in [0.2, 0.25) is 0 Å². The van der Waals surface area contributed by atoms with Gasteiger partial charge in [-0.1, -0.05) is 18.2 Å². The number of hydrogen-bond donors (Lipinski definition) is 1. The monoisotopic (exact) mass is 218 g/mol. The summed E-state index contributed by atoms with van der Waals surface area (Å²) in [5.74, 6) is 0. The van der Waals surface area contributed by atoms with Gasteiger partial charge < -0.3 is 11.0 Å². The molecule has 5 nitrogen and oxygen atoms in total. The molecule has 1 aromatic rings. The summed E-state index contributed by atoms with van der Waals surface area (Å²) >= 11 is 0. The molecule has 0 aromatic heterocycles. The molecule has 0 unspecified atom stereocenters. The van der Waals surface area contributed by atoms with Gasteiger partial charge in [-0.25, -0.2) is 0 Å². The van der Waals surface area contributed by atoms with E-state index in [1.54, 1.807) is 18.2 Å². The molecule has 13 heavy (non-hydrogen) atoms. The Morgan fingerprint density at radius 3 is 1.62 bits per heavy atom. The fraction of sp³-hybridized carbons (Fsp3) is 0. The third-order valence-electron chi connectivity index (χ3n) is 1.04. The molecule has 5 N–H and O–H groups in total. The van der Waals surface area contributed by atoms with Crippen molar-refractivity contribution in [1.82, 2.24) is 0 Å². The van der Waals surface area contributed by atoms with Gasteiger partial charge in [0.1, 0.15) is 0 Å². The first-order chi connectivity index (χ1) is 4.61. The molecule has 0 fully saturated rings. The van der Waals surface area contributed by atoms with E-state index in [0.717, 1.165) is 0 Å². The number of rotatable bonds is 1. The SMILES string of the molecule is O.O.O=S(=O)(O)c1ccccc1.[NaH]. The molecular formula is C6H11NaO5S. The third kappa shape index (κ3) is 6.17. The van der Waals surface area contributed by atoms with E-state index in [-0.39, 0.29) is 45.4 Å². The molecule has 0 atom stereocenters. The van der Waals surface area contributed by atoms with Crippen LogP contribution >= 0.6 is 0 Å². The van der Waals surface area contributed by atoms with Crippen LogP contribution in [0.15, 0.2) is 35.2 Å². The van der Waals surface area contributed by atoms with Crippen LogP contribution in [0, 0.1) is 0 Å². The van der Waals surface area contributed by atoms with E-state index in [4.69, 9.17) is 4.55 Å². The maximum absolute atomic E-state index is 10.4. The average molecular weight is 218 g/mol. The fourth-order valence-electron chi connectivity index (χ4n) is 0.592. The molecule has 0 heterocycles. The predicted octanol–water partition coefficient (Wildman–Crippen LogP) is -1.36. The minimum absolute atomic E-state index is 0.